The second-order valence-electron chi connectivity index (χ2n) is 4.31. The first-order chi connectivity index (χ1) is 6.94. The van der Waals surface area contributed by atoms with Gasteiger partial charge in [0, 0.05) is 12.2 Å². The third-order valence-corrected chi connectivity index (χ3v) is 2.20. The second kappa shape index (κ2) is 4.31. The molecular formula is C12H15FN2. The van der Waals surface area contributed by atoms with Crippen LogP contribution in [0.2, 0.25) is 0 Å². The van der Waals surface area contributed by atoms with E-state index in [1.54, 1.807) is 19.1 Å². The third-order valence-electron chi connectivity index (χ3n) is 2.20. The zero-order valence-corrected chi connectivity index (χ0v) is 9.26. The molecule has 0 unspecified atom stereocenters. The van der Waals surface area contributed by atoms with Gasteiger partial charge in [-0.15, -0.1) is 0 Å². The zero-order chi connectivity index (χ0) is 11.5. The minimum atomic E-state index is -0.414. The molecule has 0 heterocycles. The average molecular weight is 206 g/mol. The van der Waals surface area contributed by atoms with Crippen molar-refractivity contribution in [2.24, 2.45) is 5.41 Å². The summed E-state index contributed by atoms with van der Waals surface area (Å²) >= 11 is 0. The molecular weight excluding hydrogens is 191 g/mol. The Morgan fingerprint density at radius 3 is 2.67 bits per heavy atom. The van der Waals surface area contributed by atoms with Gasteiger partial charge in [0.15, 0.2) is 0 Å². The first-order valence-electron chi connectivity index (χ1n) is 4.86. The van der Waals surface area contributed by atoms with Gasteiger partial charge in [-0.05, 0) is 44.5 Å². The molecule has 0 aliphatic rings. The number of anilines is 1. The Labute approximate surface area is 89.7 Å². The Balaban J connectivity index is 2.67. The molecule has 1 aromatic rings. The Hall–Kier alpha value is -1.56. The highest BCUT2D eigenvalue weighted by atomic mass is 19.1. The molecule has 3 heteroatoms. The maximum absolute atomic E-state index is 13.0. The highest BCUT2D eigenvalue weighted by molar-refractivity contribution is 5.46. The number of rotatable bonds is 3. The third kappa shape index (κ3) is 3.25. The van der Waals surface area contributed by atoms with Crippen LogP contribution in [-0.4, -0.2) is 6.54 Å². The van der Waals surface area contributed by atoms with Gasteiger partial charge in [0.25, 0.3) is 0 Å². The predicted molar refractivity (Wildman–Crippen MR) is 59.0 cm³/mol. The molecule has 0 saturated carbocycles. The molecule has 0 fully saturated rings. The maximum atomic E-state index is 13.0. The highest BCUT2D eigenvalue weighted by Crippen LogP contribution is 2.17. The van der Waals surface area contributed by atoms with Gasteiger partial charge in [-0.2, -0.15) is 5.26 Å². The standard InChI is InChI=1S/C12H15FN2/c1-9-6-10(4-5-11(9)13)15-8-12(2,3)7-14/h4-6,15H,8H2,1-3H3. The van der Waals surface area contributed by atoms with Crippen molar-refractivity contribution in [3.8, 4) is 6.07 Å². The van der Waals surface area contributed by atoms with E-state index in [0.29, 0.717) is 12.1 Å². The lowest BCUT2D eigenvalue weighted by Gasteiger charge is -2.17. The van der Waals surface area contributed by atoms with E-state index in [2.05, 4.69) is 11.4 Å². The number of nitrogens with zero attached hydrogens (tertiary/aromatic N) is 1. The van der Waals surface area contributed by atoms with Crippen molar-refractivity contribution in [2.45, 2.75) is 20.8 Å². The van der Waals surface area contributed by atoms with Gasteiger partial charge in [0.1, 0.15) is 5.82 Å². The molecule has 0 aromatic heterocycles. The van der Waals surface area contributed by atoms with Crippen LogP contribution in [0.4, 0.5) is 10.1 Å². The number of hydrogen-bond donors (Lipinski definition) is 1. The monoisotopic (exact) mass is 206 g/mol. The fourth-order valence-electron chi connectivity index (χ4n) is 1.12. The SMILES string of the molecule is Cc1cc(NCC(C)(C)C#N)ccc1F. The fourth-order valence-corrected chi connectivity index (χ4v) is 1.12. The van der Waals surface area contributed by atoms with Crippen molar-refractivity contribution in [3.63, 3.8) is 0 Å². The van der Waals surface area contributed by atoms with E-state index < -0.39 is 5.41 Å². The molecule has 0 saturated heterocycles. The topological polar surface area (TPSA) is 35.8 Å². The van der Waals surface area contributed by atoms with E-state index in [1.807, 2.05) is 13.8 Å². The van der Waals surface area contributed by atoms with Crippen LogP contribution in [0.25, 0.3) is 0 Å². The number of aryl methyl sites for hydroxylation is 1. The number of nitrogens with one attached hydrogen (secondary N) is 1. The van der Waals surface area contributed by atoms with Crippen LogP contribution in [-0.2, 0) is 0 Å². The molecule has 0 amide bonds. The van der Waals surface area contributed by atoms with E-state index in [4.69, 9.17) is 5.26 Å². The Kier molecular flexibility index (Phi) is 3.31. The van der Waals surface area contributed by atoms with Gasteiger partial charge >= 0.3 is 0 Å². The Morgan fingerprint density at radius 2 is 2.13 bits per heavy atom. The highest BCUT2D eigenvalue weighted by Gasteiger charge is 2.15. The molecule has 80 valence electrons. The molecule has 15 heavy (non-hydrogen) atoms. The summed E-state index contributed by atoms with van der Waals surface area (Å²) in [6.07, 6.45) is 0. The summed E-state index contributed by atoms with van der Waals surface area (Å²) in [5.74, 6) is -0.208. The summed E-state index contributed by atoms with van der Waals surface area (Å²) in [5, 5.41) is 11.9. The number of halogens is 1. The summed E-state index contributed by atoms with van der Waals surface area (Å²) < 4.78 is 13.0. The first-order valence-corrected chi connectivity index (χ1v) is 4.86. The van der Waals surface area contributed by atoms with E-state index in [9.17, 15) is 4.39 Å². The van der Waals surface area contributed by atoms with Crippen molar-refractivity contribution < 1.29 is 4.39 Å². The van der Waals surface area contributed by atoms with Crippen LogP contribution in [0.3, 0.4) is 0 Å². The summed E-state index contributed by atoms with van der Waals surface area (Å²) in [4.78, 5) is 0. The van der Waals surface area contributed by atoms with Crippen LogP contribution in [0, 0.1) is 29.5 Å². The van der Waals surface area contributed by atoms with Crippen LogP contribution in [0.1, 0.15) is 19.4 Å². The molecule has 2 nitrogen and oxygen atoms in total. The molecule has 0 spiro atoms. The van der Waals surface area contributed by atoms with Crippen molar-refractivity contribution >= 4 is 5.69 Å². The molecule has 0 radical (unpaired) electrons. The largest absolute Gasteiger partial charge is 0.383 e. The molecule has 0 aliphatic heterocycles. The molecule has 1 N–H and O–H groups in total. The number of nitriles is 1. The van der Waals surface area contributed by atoms with Gasteiger partial charge in [0.05, 0.1) is 11.5 Å². The molecule has 1 aromatic carbocycles. The van der Waals surface area contributed by atoms with E-state index in [0.717, 1.165) is 5.69 Å². The molecule has 0 atom stereocenters. The maximum Gasteiger partial charge on any atom is 0.126 e. The smallest absolute Gasteiger partial charge is 0.126 e. The fraction of sp³-hybridized carbons (Fsp3) is 0.417. The second-order valence-corrected chi connectivity index (χ2v) is 4.31. The Morgan fingerprint density at radius 1 is 1.47 bits per heavy atom. The van der Waals surface area contributed by atoms with Crippen molar-refractivity contribution in [1.82, 2.24) is 0 Å². The lowest BCUT2D eigenvalue weighted by atomic mass is 9.96. The van der Waals surface area contributed by atoms with Gasteiger partial charge < -0.3 is 5.32 Å². The van der Waals surface area contributed by atoms with Crippen LogP contribution < -0.4 is 5.32 Å². The summed E-state index contributed by atoms with van der Waals surface area (Å²) in [6, 6.07) is 7.04. The predicted octanol–water partition coefficient (Wildman–Crippen LogP) is 3.10. The van der Waals surface area contributed by atoms with Crippen LogP contribution in [0.15, 0.2) is 18.2 Å². The van der Waals surface area contributed by atoms with Crippen LogP contribution in [0.5, 0.6) is 0 Å². The average Bonchev–Trinajstić information content (AvgIpc) is 2.20. The molecule has 0 bridgehead atoms. The van der Waals surface area contributed by atoms with Crippen molar-refractivity contribution in [3.05, 3.63) is 29.6 Å². The quantitative estimate of drug-likeness (QED) is 0.824. The number of benzene rings is 1. The minimum absolute atomic E-state index is 0.208. The van der Waals surface area contributed by atoms with E-state index in [1.165, 1.54) is 6.07 Å². The first kappa shape index (κ1) is 11.5. The summed E-state index contributed by atoms with van der Waals surface area (Å²) in [6.45, 7) is 5.98. The van der Waals surface area contributed by atoms with Crippen molar-refractivity contribution in [1.29, 1.82) is 5.26 Å². The van der Waals surface area contributed by atoms with Gasteiger partial charge in [-0.3, -0.25) is 0 Å². The zero-order valence-electron chi connectivity index (χ0n) is 9.26. The van der Waals surface area contributed by atoms with Gasteiger partial charge in [-0.1, -0.05) is 0 Å². The summed E-state index contributed by atoms with van der Waals surface area (Å²) in [5.41, 5.74) is 1.04. The van der Waals surface area contributed by atoms with Crippen molar-refractivity contribution in [2.75, 3.05) is 11.9 Å². The summed E-state index contributed by atoms with van der Waals surface area (Å²) in [7, 11) is 0. The molecule has 1 rings (SSSR count). The lowest BCUT2D eigenvalue weighted by molar-refractivity contribution is 0.529. The number of hydrogen-bond acceptors (Lipinski definition) is 2. The Bertz CT molecular complexity index is 391. The lowest BCUT2D eigenvalue weighted by Crippen LogP contribution is -2.20. The van der Waals surface area contributed by atoms with Gasteiger partial charge in [0.2, 0.25) is 0 Å². The minimum Gasteiger partial charge on any atom is -0.383 e. The van der Waals surface area contributed by atoms with E-state index >= 15 is 0 Å². The van der Waals surface area contributed by atoms with E-state index in [-0.39, 0.29) is 5.82 Å². The van der Waals surface area contributed by atoms with Gasteiger partial charge in [-0.25, -0.2) is 4.39 Å². The normalized spacial score (nSPS) is 10.9. The van der Waals surface area contributed by atoms with Crippen LogP contribution >= 0.6 is 0 Å². The molecule has 0 aliphatic carbocycles.